The predicted molar refractivity (Wildman–Crippen MR) is 51.3 cm³/mol. The highest BCUT2D eigenvalue weighted by atomic mass is 16.4. The van der Waals surface area contributed by atoms with Crippen LogP contribution < -0.4 is 10.8 Å². The number of carbonyl (C=O) groups is 1. The number of hydrogen-bond acceptors (Lipinski definition) is 2. The van der Waals surface area contributed by atoms with Gasteiger partial charge in [-0.05, 0) is 43.5 Å². The van der Waals surface area contributed by atoms with E-state index in [1.807, 2.05) is 32.9 Å². The van der Waals surface area contributed by atoms with Crippen LogP contribution in [0.25, 0.3) is 0 Å². The minimum Gasteiger partial charge on any atom is -0.544 e. The third-order valence-corrected chi connectivity index (χ3v) is 2.54. The monoisotopic (exact) mass is 193 g/mol. The zero-order chi connectivity index (χ0) is 10.9. The molecule has 0 spiro atoms. The second-order valence-corrected chi connectivity index (χ2v) is 3.66. The van der Waals surface area contributed by atoms with Gasteiger partial charge in [-0.25, -0.2) is 0 Å². The predicted octanol–water partition coefficient (Wildman–Crippen LogP) is -0.355. The van der Waals surface area contributed by atoms with Crippen molar-refractivity contribution in [2.24, 2.45) is 0 Å². The molecule has 0 saturated carbocycles. The number of aryl methyl sites for hydroxylation is 3. The van der Waals surface area contributed by atoms with Crippen molar-refractivity contribution in [2.75, 3.05) is 0 Å². The van der Waals surface area contributed by atoms with E-state index in [1.165, 1.54) is 0 Å². The summed E-state index contributed by atoms with van der Waals surface area (Å²) in [6.45, 7) is 5.85. The Hall–Kier alpha value is -1.35. The summed E-state index contributed by atoms with van der Waals surface area (Å²) in [7, 11) is 0. The topological polar surface area (TPSA) is 67.8 Å². The molecular weight excluding hydrogens is 178 g/mol. The van der Waals surface area contributed by atoms with Crippen molar-refractivity contribution in [3.05, 3.63) is 34.4 Å². The number of aliphatic carboxylic acids is 1. The maximum absolute atomic E-state index is 10.7. The van der Waals surface area contributed by atoms with Gasteiger partial charge in [0.25, 0.3) is 0 Å². The highest BCUT2D eigenvalue weighted by Crippen LogP contribution is 2.19. The molecule has 0 saturated heterocycles. The third kappa shape index (κ3) is 1.93. The molecule has 0 fully saturated rings. The molecule has 3 N–H and O–H groups in total. The van der Waals surface area contributed by atoms with Gasteiger partial charge in [-0.15, -0.1) is 0 Å². The average molecular weight is 193 g/mol. The summed E-state index contributed by atoms with van der Waals surface area (Å²) >= 11 is 0. The van der Waals surface area contributed by atoms with Gasteiger partial charge in [0, 0.05) is 5.56 Å². The zero-order valence-corrected chi connectivity index (χ0v) is 8.76. The van der Waals surface area contributed by atoms with Crippen LogP contribution in [0.2, 0.25) is 0 Å². The largest absolute Gasteiger partial charge is 0.544 e. The first kappa shape index (κ1) is 10.7. The number of benzene rings is 1. The average Bonchev–Trinajstić information content (AvgIpc) is 2.10. The maximum Gasteiger partial charge on any atom is 0.150 e. The maximum atomic E-state index is 10.7. The molecule has 0 radical (unpaired) electrons. The highest BCUT2D eigenvalue weighted by molar-refractivity contribution is 5.72. The lowest BCUT2D eigenvalue weighted by atomic mass is 9.96. The van der Waals surface area contributed by atoms with Crippen LogP contribution in [0.15, 0.2) is 12.1 Å². The molecule has 76 valence electrons. The Labute approximate surface area is 83.6 Å². The summed E-state index contributed by atoms with van der Waals surface area (Å²) in [5.74, 6) is -1.13. The molecule has 0 unspecified atom stereocenters. The van der Waals surface area contributed by atoms with Gasteiger partial charge in [-0.3, -0.25) is 0 Å². The minimum atomic E-state index is -1.13. The fourth-order valence-corrected chi connectivity index (χ4v) is 1.49. The fourth-order valence-electron chi connectivity index (χ4n) is 1.49. The Morgan fingerprint density at radius 3 is 2.21 bits per heavy atom. The Morgan fingerprint density at radius 1 is 1.21 bits per heavy atom. The standard InChI is InChI=1S/C11H15NO2/c1-6-4-8(3)9(5-7(6)2)10(12)11(13)14/h4-5,10H,12H2,1-3H3,(H,13,14)/t10-/m0/s1. The van der Waals surface area contributed by atoms with Crippen LogP contribution in [-0.2, 0) is 4.79 Å². The molecule has 0 heterocycles. The van der Waals surface area contributed by atoms with E-state index < -0.39 is 12.0 Å². The van der Waals surface area contributed by atoms with E-state index in [0.717, 1.165) is 22.3 Å². The first-order chi connectivity index (χ1) is 6.43. The molecule has 3 nitrogen and oxygen atoms in total. The molecule has 14 heavy (non-hydrogen) atoms. The molecular formula is C11H15NO2. The van der Waals surface area contributed by atoms with Gasteiger partial charge in [0.2, 0.25) is 0 Å². The van der Waals surface area contributed by atoms with Crippen LogP contribution in [0.3, 0.4) is 0 Å². The second kappa shape index (κ2) is 3.80. The van der Waals surface area contributed by atoms with Crippen molar-refractivity contribution in [2.45, 2.75) is 26.8 Å². The summed E-state index contributed by atoms with van der Waals surface area (Å²) in [4.78, 5) is 10.7. The molecule has 0 aromatic heterocycles. The van der Waals surface area contributed by atoms with E-state index in [1.54, 1.807) is 0 Å². The van der Waals surface area contributed by atoms with Crippen molar-refractivity contribution in [1.29, 1.82) is 0 Å². The summed E-state index contributed by atoms with van der Waals surface area (Å²) in [5, 5.41) is 10.7. The van der Waals surface area contributed by atoms with Gasteiger partial charge in [0.1, 0.15) is 5.97 Å². The van der Waals surface area contributed by atoms with E-state index in [4.69, 9.17) is 0 Å². The number of quaternary nitrogens is 1. The Balaban J connectivity index is 3.22. The van der Waals surface area contributed by atoms with Crippen molar-refractivity contribution < 1.29 is 15.6 Å². The molecule has 0 bridgehead atoms. The molecule has 1 aromatic rings. The van der Waals surface area contributed by atoms with Gasteiger partial charge < -0.3 is 15.6 Å². The third-order valence-electron chi connectivity index (χ3n) is 2.54. The van der Waals surface area contributed by atoms with Crippen LogP contribution in [-0.4, -0.2) is 5.97 Å². The van der Waals surface area contributed by atoms with Crippen molar-refractivity contribution >= 4 is 5.97 Å². The highest BCUT2D eigenvalue weighted by Gasteiger charge is 2.14. The number of carboxylic acids is 1. The second-order valence-electron chi connectivity index (χ2n) is 3.66. The van der Waals surface area contributed by atoms with Crippen LogP contribution in [0.5, 0.6) is 0 Å². The molecule has 0 aliphatic carbocycles. The van der Waals surface area contributed by atoms with E-state index in [2.05, 4.69) is 5.73 Å². The van der Waals surface area contributed by atoms with Crippen LogP contribution in [0, 0.1) is 20.8 Å². The van der Waals surface area contributed by atoms with Gasteiger partial charge in [-0.1, -0.05) is 6.07 Å². The van der Waals surface area contributed by atoms with Gasteiger partial charge in [-0.2, -0.15) is 0 Å². The molecule has 0 amide bonds. The van der Waals surface area contributed by atoms with Crippen LogP contribution >= 0.6 is 0 Å². The number of rotatable bonds is 2. The Bertz CT molecular complexity index is 372. The van der Waals surface area contributed by atoms with Crippen molar-refractivity contribution in [1.82, 2.24) is 0 Å². The SMILES string of the molecule is Cc1cc(C)c([C@H]([NH3+])C(=O)[O-])cc1C. The van der Waals surface area contributed by atoms with Crippen molar-refractivity contribution in [3.63, 3.8) is 0 Å². The Kier molecular flexibility index (Phi) is 2.91. The van der Waals surface area contributed by atoms with E-state index in [-0.39, 0.29) is 0 Å². The molecule has 1 aromatic carbocycles. The number of carbonyl (C=O) groups excluding carboxylic acids is 1. The molecule has 0 aliphatic rings. The van der Waals surface area contributed by atoms with E-state index in [0.29, 0.717) is 0 Å². The normalized spacial score (nSPS) is 12.6. The van der Waals surface area contributed by atoms with E-state index >= 15 is 0 Å². The molecule has 1 atom stereocenters. The quantitative estimate of drug-likeness (QED) is 0.697. The summed E-state index contributed by atoms with van der Waals surface area (Å²) < 4.78 is 0. The minimum absolute atomic E-state index is 0.744. The number of hydrogen-bond donors (Lipinski definition) is 1. The van der Waals surface area contributed by atoms with Gasteiger partial charge >= 0.3 is 0 Å². The lowest BCUT2D eigenvalue weighted by molar-refractivity contribution is -0.443. The summed E-state index contributed by atoms with van der Waals surface area (Å²) in [6.07, 6.45) is 0. The van der Waals surface area contributed by atoms with Gasteiger partial charge in [0.15, 0.2) is 6.04 Å². The lowest BCUT2D eigenvalue weighted by Crippen LogP contribution is -2.61. The molecule has 3 heteroatoms. The molecule has 1 rings (SSSR count). The zero-order valence-electron chi connectivity index (χ0n) is 8.76. The lowest BCUT2D eigenvalue weighted by Gasteiger charge is -2.14. The van der Waals surface area contributed by atoms with Crippen molar-refractivity contribution in [3.8, 4) is 0 Å². The first-order valence-electron chi connectivity index (χ1n) is 4.55. The molecule has 0 aliphatic heterocycles. The van der Waals surface area contributed by atoms with Crippen LogP contribution in [0.4, 0.5) is 0 Å². The van der Waals surface area contributed by atoms with Gasteiger partial charge in [0.05, 0.1) is 0 Å². The number of carboxylic acid groups (broad SMARTS) is 1. The Morgan fingerprint density at radius 2 is 1.71 bits per heavy atom. The van der Waals surface area contributed by atoms with Crippen LogP contribution in [0.1, 0.15) is 28.3 Å². The van der Waals surface area contributed by atoms with E-state index in [9.17, 15) is 9.90 Å². The summed E-state index contributed by atoms with van der Waals surface area (Å²) in [6, 6.07) is 3.07. The smallest absolute Gasteiger partial charge is 0.150 e. The fraction of sp³-hybridized carbons (Fsp3) is 0.364. The first-order valence-corrected chi connectivity index (χ1v) is 4.55. The summed E-state index contributed by atoms with van der Waals surface area (Å²) in [5.41, 5.74) is 7.52.